The van der Waals surface area contributed by atoms with E-state index in [4.69, 9.17) is 5.11 Å². The van der Waals surface area contributed by atoms with Crippen LogP contribution in [-0.2, 0) is 0 Å². The molecule has 0 aromatic rings. The van der Waals surface area contributed by atoms with Crippen LogP contribution >= 0.6 is 0 Å². The van der Waals surface area contributed by atoms with Crippen molar-refractivity contribution in [2.75, 3.05) is 6.61 Å². The van der Waals surface area contributed by atoms with E-state index in [0.29, 0.717) is 12.0 Å². The molecule has 4 nitrogen and oxygen atoms in total. The first-order chi connectivity index (χ1) is 8.29. The van der Waals surface area contributed by atoms with Crippen molar-refractivity contribution < 1.29 is 10.2 Å². The minimum Gasteiger partial charge on any atom is -0.394 e. The zero-order valence-corrected chi connectivity index (χ0v) is 9.58. The van der Waals surface area contributed by atoms with Crippen LogP contribution in [0.15, 0.2) is 36.0 Å². The molecule has 92 valence electrons. The van der Waals surface area contributed by atoms with Crippen LogP contribution in [0.5, 0.6) is 0 Å². The lowest BCUT2D eigenvalue weighted by Crippen LogP contribution is -2.67. The minimum absolute atomic E-state index is 0.225. The zero-order chi connectivity index (χ0) is 11.8. The van der Waals surface area contributed by atoms with E-state index < -0.39 is 6.10 Å². The van der Waals surface area contributed by atoms with Gasteiger partial charge in [0.25, 0.3) is 0 Å². The van der Waals surface area contributed by atoms with Gasteiger partial charge in [-0.3, -0.25) is 10.6 Å². The molecule has 5 atom stereocenters. The fourth-order valence-electron chi connectivity index (χ4n) is 3.02. The van der Waals surface area contributed by atoms with Crippen LogP contribution in [0.4, 0.5) is 0 Å². The molecule has 3 aliphatic rings. The summed E-state index contributed by atoms with van der Waals surface area (Å²) in [6, 6.07) is 0.589. The molecule has 1 aliphatic heterocycles. The number of hydrogen-bond donors (Lipinski definition) is 4. The van der Waals surface area contributed by atoms with Gasteiger partial charge in [-0.25, -0.2) is 0 Å². The molecular weight excluding hydrogens is 216 g/mol. The average Bonchev–Trinajstić information content (AvgIpc) is 2.38. The van der Waals surface area contributed by atoms with E-state index in [1.54, 1.807) is 0 Å². The maximum atomic E-state index is 9.74. The van der Waals surface area contributed by atoms with Crippen LogP contribution in [0.1, 0.15) is 6.42 Å². The molecule has 0 bridgehead atoms. The van der Waals surface area contributed by atoms with Crippen molar-refractivity contribution in [3.8, 4) is 0 Å². The van der Waals surface area contributed by atoms with Crippen molar-refractivity contribution in [1.29, 1.82) is 0 Å². The predicted molar refractivity (Wildman–Crippen MR) is 65.2 cm³/mol. The lowest BCUT2D eigenvalue weighted by atomic mass is 9.75. The Morgan fingerprint density at radius 3 is 3.12 bits per heavy atom. The van der Waals surface area contributed by atoms with E-state index >= 15 is 0 Å². The van der Waals surface area contributed by atoms with E-state index in [1.807, 2.05) is 0 Å². The lowest BCUT2D eigenvalue weighted by molar-refractivity contribution is 0.0254. The molecule has 0 radical (unpaired) electrons. The van der Waals surface area contributed by atoms with Crippen molar-refractivity contribution >= 4 is 0 Å². The molecule has 5 unspecified atom stereocenters. The summed E-state index contributed by atoms with van der Waals surface area (Å²) in [4.78, 5) is 0. The highest BCUT2D eigenvalue weighted by Crippen LogP contribution is 2.33. The Morgan fingerprint density at radius 1 is 1.41 bits per heavy atom. The Labute approximate surface area is 101 Å². The van der Waals surface area contributed by atoms with Gasteiger partial charge in [0, 0.05) is 18.0 Å². The highest BCUT2D eigenvalue weighted by atomic mass is 16.3. The summed E-state index contributed by atoms with van der Waals surface area (Å²) in [6.45, 7) is -0.225. The molecule has 1 heterocycles. The fraction of sp³-hybridized carbons (Fsp3) is 0.538. The van der Waals surface area contributed by atoms with Crippen molar-refractivity contribution in [2.24, 2.45) is 5.92 Å². The quantitative estimate of drug-likeness (QED) is 0.528. The number of nitrogens with one attached hydrogen (secondary N) is 2. The third-order valence-corrected chi connectivity index (χ3v) is 3.85. The molecule has 4 heteroatoms. The summed E-state index contributed by atoms with van der Waals surface area (Å²) in [5.41, 5.74) is 1.34. The standard InChI is InChI=1S/C13H18N2O2/c16-7-11(17)13-14-9-5-1-3-8-4-2-6-10(15-13)12(8)9/h1-5,9-17H,6-7H2. The first kappa shape index (κ1) is 11.2. The second-order valence-electron chi connectivity index (χ2n) is 4.91. The Morgan fingerprint density at radius 2 is 2.29 bits per heavy atom. The van der Waals surface area contributed by atoms with Crippen LogP contribution in [0.3, 0.4) is 0 Å². The first-order valence-corrected chi connectivity index (χ1v) is 6.15. The van der Waals surface area contributed by atoms with Gasteiger partial charge in [0.1, 0.15) is 6.10 Å². The van der Waals surface area contributed by atoms with Crippen molar-refractivity contribution in [3.05, 3.63) is 36.0 Å². The Bertz CT molecular complexity index is 389. The van der Waals surface area contributed by atoms with E-state index in [0.717, 1.165) is 6.42 Å². The summed E-state index contributed by atoms with van der Waals surface area (Å²) in [5.74, 6) is 0.437. The molecule has 0 aromatic heterocycles. The summed E-state index contributed by atoms with van der Waals surface area (Å²) in [7, 11) is 0. The number of rotatable bonds is 2. The Kier molecular flexibility index (Phi) is 2.88. The molecule has 17 heavy (non-hydrogen) atoms. The monoisotopic (exact) mass is 234 g/mol. The highest BCUT2D eigenvalue weighted by Gasteiger charge is 2.40. The molecule has 0 saturated carbocycles. The predicted octanol–water partition coefficient (Wildman–Crippen LogP) is -0.332. The summed E-state index contributed by atoms with van der Waals surface area (Å²) in [6.07, 6.45) is 10.7. The fourth-order valence-corrected chi connectivity index (χ4v) is 3.02. The largest absolute Gasteiger partial charge is 0.394 e. The Hall–Kier alpha value is -0.940. The second-order valence-corrected chi connectivity index (χ2v) is 4.91. The van der Waals surface area contributed by atoms with Crippen LogP contribution < -0.4 is 10.6 Å². The number of aliphatic hydroxyl groups is 2. The third kappa shape index (κ3) is 1.87. The lowest BCUT2D eigenvalue weighted by Gasteiger charge is -2.47. The topological polar surface area (TPSA) is 64.5 Å². The van der Waals surface area contributed by atoms with E-state index in [-0.39, 0.29) is 18.8 Å². The van der Waals surface area contributed by atoms with Gasteiger partial charge in [-0.1, -0.05) is 30.4 Å². The minimum atomic E-state index is -0.760. The van der Waals surface area contributed by atoms with Gasteiger partial charge in [-0.15, -0.1) is 0 Å². The molecule has 1 fully saturated rings. The van der Waals surface area contributed by atoms with E-state index in [1.165, 1.54) is 5.57 Å². The van der Waals surface area contributed by atoms with Gasteiger partial charge in [0.2, 0.25) is 0 Å². The Balaban J connectivity index is 1.85. The van der Waals surface area contributed by atoms with Gasteiger partial charge in [0.15, 0.2) is 0 Å². The van der Waals surface area contributed by atoms with Gasteiger partial charge in [-0.05, 0) is 12.0 Å². The van der Waals surface area contributed by atoms with Crippen molar-refractivity contribution in [1.82, 2.24) is 10.6 Å². The number of aliphatic hydroxyl groups excluding tert-OH is 2. The molecular formula is C13H18N2O2. The molecule has 0 aromatic carbocycles. The first-order valence-electron chi connectivity index (χ1n) is 6.15. The van der Waals surface area contributed by atoms with Crippen LogP contribution in [0.2, 0.25) is 0 Å². The van der Waals surface area contributed by atoms with Crippen LogP contribution in [0.25, 0.3) is 0 Å². The van der Waals surface area contributed by atoms with Crippen LogP contribution in [-0.4, -0.2) is 41.2 Å². The van der Waals surface area contributed by atoms with Crippen LogP contribution in [0, 0.1) is 5.92 Å². The number of allylic oxidation sites excluding steroid dienone is 3. The maximum absolute atomic E-state index is 9.74. The summed E-state index contributed by atoms with van der Waals surface area (Å²) >= 11 is 0. The van der Waals surface area contributed by atoms with Gasteiger partial charge >= 0.3 is 0 Å². The number of hydrogen-bond acceptors (Lipinski definition) is 4. The molecule has 4 N–H and O–H groups in total. The van der Waals surface area contributed by atoms with Gasteiger partial charge < -0.3 is 10.2 Å². The molecule has 0 amide bonds. The van der Waals surface area contributed by atoms with Gasteiger partial charge in [-0.2, -0.15) is 0 Å². The SMILES string of the molecule is OCC(O)C1NC2C=CC=C3C=CCC(N1)C32. The summed E-state index contributed by atoms with van der Waals surface area (Å²) < 4.78 is 0. The molecule has 3 rings (SSSR count). The zero-order valence-electron chi connectivity index (χ0n) is 9.58. The smallest absolute Gasteiger partial charge is 0.105 e. The third-order valence-electron chi connectivity index (χ3n) is 3.85. The van der Waals surface area contributed by atoms with Crippen molar-refractivity contribution in [2.45, 2.75) is 30.8 Å². The van der Waals surface area contributed by atoms with E-state index in [9.17, 15) is 5.11 Å². The maximum Gasteiger partial charge on any atom is 0.105 e. The molecule has 0 spiro atoms. The average molecular weight is 234 g/mol. The van der Waals surface area contributed by atoms with E-state index in [2.05, 4.69) is 41.0 Å². The van der Waals surface area contributed by atoms with Gasteiger partial charge in [0.05, 0.1) is 12.8 Å². The normalized spacial score (nSPS) is 40.7. The summed E-state index contributed by atoms with van der Waals surface area (Å²) in [5, 5.41) is 25.5. The van der Waals surface area contributed by atoms with Crippen molar-refractivity contribution in [3.63, 3.8) is 0 Å². The highest BCUT2D eigenvalue weighted by molar-refractivity contribution is 5.38. The molecule has 2 aliphatic carbocycles. The molecule has 1 saturated heterocycles. The second kappa shape index (κ2) is 4.38.